The molecule has 0 amide bonds. The Balaban J connectivity index is 1.72. The van der Waals surface area contributed by atoms with Crippen molar-refractivity contribution in [3.63, 3.8) is 0 Å². The van der Waals surface area contributed by atoms with Crippen LogP contribution in [0.2, 0.25) is 0 Å². The van der Waals surface area contributed by atoms with Gasteiger partial charge in [-0.3, -0.25) is 0 Å². The number of carboxylic acids is 1. The zero-order chi connectivity index (χ0) is 17.8. The third-order valence-corrected chi connectivity index (χ3v) is 4.73. The molecule has 1 aromatic carbocycles. The van der Waals surface area contributed by atoms with E-state index in [9.17, 15) is 9.18 Å². The van der Waals surface area contributed by atoms with Crippen LogP contribution in [-0.4, -0.2) is 33.1 Å². The zero-order valence-electron chi connectivity index (χ0n) is 12.8. The molecule has 0 bridgehead atoms. The van der Waals surface area contributed by atoms with Crippen LogP contribution in [0.4, 0.5) is 10.2 Å². The summed E-state index contributed by atoms with van der Waals surface area (Å²) >= 11 is 2.60. The van der Waals surface area contributed by atoms with E-state index in [0.29, 0.717) is 5.03 Å². The lowest BCUT2D eigenvalue weighted by Crippen LogP contribution is -2.05. The van der Waals surface area contributed by atoms with Crippen LogP contribution in [-0.2, 0) is 0 Å². The topological polar surface area (TPSA) is 97.2 Å². The number of thiazole rings is 1. The Kier molecular flexibility index (Phi) is 5.10. The quantitative estimate of drug-likeness (QED) is 0.629. The van der Waals surface area contributed by atoms with Gasteiger partial charge in [-0.1, -0.05) is 0 Å². The fourth-order valence-electron chi connectivity index (χ4n) is 1.82. The van der Waals surface area contributed by atoms with E-state index in [4.69, 9.17) is 9.84 Å². The lowest BCUT2D eigenvalue weighted by atomic mass is 10.2. The monoisotopic (exact) mass is 378 g/mol. The average Bonchev–Trinajstić information content (AvgIpc) is 3.09. The Hall–Kier alpha value is -2.72. The number of carbonyl (C=O) groups is 1. The van der Waals surface area contributed by atoms with Gasteiger partial charge in [0.15, 0.2) is 11.5 Å². The van der Waals surface area contributed by atoms with Crippen LogP contribution < -0.4 is 9.46 Å². The molecule has 2 aromatic heterocycles. The maximum absolute atomic E-state index is 13.0. The van der Waals surface area contributed by atoms with Crippen molar-refractivity contribution in [3.05, 3.63) is 47.4 Å². The van der Waals surface area contributed by atoms with Gasteiger partial charge in [0.05, 0.1) is 13.3 Å². The molecule has 3 rings (SSSR count). The fourth-order valence-corrected chi connectivity index (χ4v) is 3.38. The summed E-state index contributed by atoms with van der Waals surface area (Å²) in [5, 5.41) is 12.2. The van der Waals surface area contributed by atoms with Crippen LogP contribution in [0.5, 0.6) is 5.88 Å². The number of carboxylic acid groups (broad SMARTS) is 1. The van der Waals surface area contributed by atoms with Crippen molar-refractivity contribution in [1.82, 2.24) is 15.0 Å². The maximum atomic E-state index is 13.0. The second-order valence-electron chi connectivity index (χ2n) is 4.62. The minimum atomic E-state index is -1.19. The molecule has 7 nitrogen and oxygen atoms in total. The van der Waals surface area contributed by atoms with Crippen LogP contribution in [0.1, 0.15) is 10.5 Å². The smallest absolute Gasteiger partial charge is 0.356 e. The van der Waals surface area contributed by atoms with Gasteiger partial charge in [0.25, 0.3) is 5.88 Å². The maximum Gasteiger partial charge on any atom is 0.356 e. The number of nitrogens with one attached hydrogen (secondary N) is 1. The Morgan fingerprint density at radius 2 is 2.08 bits per heavy atom. The Morgan fingerprint density at radius 1 is 1.32 bits per heavy atom. The molecule has 0 saturated heterocycles. The number of aromatic carboxylic acids is 1. The van der Waals surface area contributed by atoms with E-state index in [2.05, 4.69) is 19.7 Å². The zero-order valence-corrected chi connectivity index (χ0v) is 14.4. The number of benzene rings is 1. The number of hydrogen-bond donors (Lipinski definition) is 2. The molecule has 0 unspecified atom stereocenters. The van der Waals surface area contributed by atoms with E-state index in [1.807, 2.05) is 5.38 Å². The normalized spacial score (nSPS) is 10.5. The molecule has 0 aliphatic heterocycles. The van der Waals surface area contributed by atoms with Gasteiger partial charge < -0.3 is 14.6 Å². The van der Waals surface area contributed by atoms with Crippen LogP contribution in [0.15, 0.2) is 40.9 Å². The Morgan fingerprint density at radius 3 is 2.76 bits per heavy atom. The largest absolute Gasteiger partial charge is 0.478 e. The summed E-state index contributed by atoms with van der Waals surface area (Å²) in [5.74, 6) is -1.13. The number of ether oxygens (including phenoxy) is 1. The van der Waals surface area contributed by atoms with Crippen molar-refractivity contribution >= 4 is 35.1 Å². The molecule has 0 spiro atoms. The summed E-state index contributed by atoms with van der Waals surface area (Å²) < 4.78 is 20.9. The highest BCUT2D eigenvalue weighted by atomic mass is 32.2. The van der Waals surface area contributed by atoms with Crippen molar-refractivity contribution in [1.29, 1.82) is 0 Å². The minimum absolute atomic E-state index is 0.0707. The predicted molar refractivity (Wildman–Crippen MR) is 92.5 cm³/mol. The lowest BCUT2D eigenvalue weighted by molar-refractivity contribution is 0.0689. The SMILES string of the molecule is COc1nc(C(=O)O)cnc1NSc1csc(-c2ccc(F)cc2)n1. The third kappa shape index (κ3) is 4.03. The van der Waals surface area contributed by atoms with Gasteiger partial charge in [-0.2, -0.15) is 0 Å². The first-order chi connectivity index (χ1) is 12.1. The molecule has 25 heavy (non-hydrogen) atoms. The summed E-state index contributed by atoms with van der Waals surface area (Å²) in [6, 6.07) is 6.09. The molecule has 2 heterocycles. The molecule has 0 saturated carbocycles. The summed E-state index contributed by atoms with van der Waals surface area (Å²) in [5.41, 5.74) is 0.612. The molecule has 0 radical (unpaired) electrons. The lowest BCUT2D eigenvalue weighted by Gasteiger charge is -2.07. The van der Waals surface area contributed by atoms with Gasteiger partial charge in [0.2, 0.25) is 0 Å². The second kappa shape index (κ2) is 7.45. The van der Waals surface area contributed by atoms with Crippen LogP contribution in [0.3, 0.4) is 0 Å². The molecule has 0 fully saturated rings. The summed E-state index contributed by atoms with van der Waals surface area (Å²) in [6.45, 7) is 0. The van der Waals surface area contributed by atoms with Gasteiger partial charge in [0, 0.05) is 22.9 Å². The number of halogens is 1. The van der Waals surface area contributed by atoms with Gasteiger partial charge in [-0.05, 0) is 24.3 Å². The number of hydrogen-bond acceptors (Lipinski definition) is 8. The fraction of sp³-hybridized carbons (Fsp3) is 0.0667. The van der Waals surface area contributed by atoms with Crippen LogP contribution in [0, 0.1) is 5.82 Å². The molecular weight excluding hydrogens is 367 g/mol. The summed E-state index contributed by atoms with van der Waals surface area (Å²) in [7, 11) is 1.38. The molecule has 3 aromatic rings. The molecule has 0 atom stereocenters. The van der Waals surface area contributed by atoms with Gasteiger partial charge in [0.1, 0.15) is 15.9 Å². The highest BCUT2D eigenvalue weighted by Gasteiger charge is 2.13. The first-order valence-electron chi connectivity index (χ1n) is 6.85. The first-order valence-corrected chi connectivity index (χ1v) is 8.55. The highest BCUT2D eigenvalue weighted by molar-refractivity contribution is 8.00. The van der Waals surface area contributed by atoms with Gasteiger partial charge in [-0.15, -0.1) is 11.3 Å². The number of nitrogens with zero attached hydrogens (tertiary/aromatic N) is 3. The minimum Gasteiger partial charge on any atom is -0.478 e. The van der Waals surface area contributed by atoms with Crippen LogP contribution in [0.25, 0.3) is 10.6 Å². The third-order valence-electron chi connectivity index (χ3n) is 2.98. The number of methoxy groups -OCH3 is 1. The highest BCUT2D eigenvalue weighted by Crippen LogP contribution is 2.30. The number of anilines is 1. The van der Waals surface area contributed by atoms with Crippen molar-refractivity contribution in [3.8, 4) is 16.5 Å². The van der Waals surface area contributed by atoms with Crippen molar-refractivity contribution in [2.45, 2.75) is 5.03 Å². The van der Waals surface area contributed by atoms with E-state index in [1.54, 1.807) is 12.1 Å². The average molecular weight is 378 g/mol. The Labute approximate surface area is 150 Å². The van der Waals surface area contributed by atoms with Crippen molar-refractivity contribution < 1.29 is 19.0 Å². The summed E-state index contributed by atoms with van der Waals surface area (Å²) in [4.78, 5) is 23.2. The van der Waals surface area contributed by atoms with Gasteiger partial charge in [-0.25, -0.2) is 24.1 Å². The Bertz CT molecular complexity index is 902. The molecule has 128 valence electrons. The molecule has 10 heteroatoms. The van der Waals surface area contributed by atoms with E-state index in [0.717, 1.165) is 16.8 Å². The van der Waals surface area contributed by atoms with E-state index < -0.39 is 5.97 Å². The first kappa shape index (κ1) is 17.1. The van der Waals surface area contributed by atoms with E-state index in [1.165, 1.54) is 42.5 Å². The number of rotatable bonds is 6. The standard InChI is InChI=1S/C15H11FN4O3S2/c1-23-13-12(17-6-10(18-13)15(21)22)20-25-11-7-24-14(19-11)8-2-4-9(16)5-3-8/h2-7H,1H3,(H,17,20)(H,21,22). The van der Waals surface area contributed by atoms with Crippen molar-refractivity contribution in [2.75, 3.05) is 11.8 Å². The van der Waals surface area contributed by atoms with E-state index in [-0.39, 0.29) is 23.2 Å². The second-order valence-corrected chi connectivity index (χ2v) is 6.30. The molecular formula is C15H11FN4O3S2. The molecule has 2 N–H and O–H groups in total. The van der Waals surface area contributed by atoms with Gasteiger partial charge >= 0.3 is 5.97 Å². The van der Waals surface area contributed by atoms with E-state index >= 15 is 0 Å². The predicted octanol–water partition coefficient (Wildman–Crippen LogP) is 3.57. The number of aromatic nitrogens is 3. The molecule has 0 aliphatic carbocycles. The van der Waals surface area contributed by atoms with Crippen LogP contribution >= 0.6 is 23.3 Å². The summed E-state index contributed by atoms with van der Waals surface area (Å²) in [6.07, 6.45) is 1.14. The molecule has 0 aliphatic rings. The van der Waals surface area contributed by atoms with Crippen molar-refractivity contribution in [2.24, 2.45) is 0 Å².